The number of phenolic OH excluding ortho intramolecular Hbond substituents is 1. The van der Waals surface area contributed by atoms with E-state index in [1.165, 1.54) is 30.3 Å². The van der Waals surface area contributed by atoms with Crippen molar-refractivity contribution in [2.75, 3.05) is 10.8 Å². The van der Waals surface area contributed by atoms with Gasteiger partial charge in [-0.05, 0) is 72.6 Å². The Labute approximate surface area is 237 Å². The quantitative estimate of drug-likeness (QED) is 0.110. The second-order valence-corrected chi connectivity index (χ2v) is 9.91. The molecule has 0 aliphatic rings. The maximum Gasteiger partial charge on any atom is 0.336 e. The van der Waals surface area contributed by atoms with Crippen molar-refractivity contribution in [1.29, 1.82) is 0 Å². The van der Waals surface area contributed by atoms with E-state index in [9.17, 15) is 24.0 Å². The monoisotopic (exact) mass is 578 g/mol. The molecule has 0 aliphatic heterocycles. The minimum absolute atomic E-state index is 0.000717. The van der Waals surface area contributed by atoms with Crippen molar-refractivity contribution >= 4 is 34.3 Å². The van der Waals surface area contributed by atoms with Crippen molar-refractivity contribution in [3.05, 3.63) is 113 Å². The molecule has 11 nitrogen and oxygen atoms in total. The summed E-state index contributed by atoms with van der Waals surface area (Å²) in [6.07, 6.45) is 0. The highest BCUT2D eigenvalue weighted by Crippen LogP contribution is 2.23. The third kappa shape index (κ3) is 7.90. The summed E-state index contributed by atoms with van der Waals surface area (Å²) in [5.41, 5.74) is 5.38. The Kier molecular flexibility index (Phi) is 9.66. The summed E-state index contributed by atoms with van der Waals surface area (Å²) in [7, 11) is 0. The van der Waals surface area contributed by atoms with Gasteiger partial charge in [-0.3, -0.25) is 20.4 Å². The van der Waals surface area contributed by atoms with E-state index in [1.54, 1.807) is 61.5 Å². The van der Waals surface area contributed by atoms with Crippen LogP contribution < -0.4 is 15.0 Å². The molecule has 0 bridgehead atoms. The highest BCUT2D eigenvalue weighted by atomic mass is 32.2. The Bertz CT molecular complexity index is 1590. The van der Waals surface area contributed by atoms with Gasteiger partial charge < -0.3 is 19.7 Å². The molecule has 0 saturated carbocycles. The number of hydrogen-bond donors (Lipinski definition) is 5. The van der Waals surface area contributed by atoms with Crippen LogP contribution in [0.2, 0.25) is 0 Å². The smallest absolute Gasteiger partial charge is 0.336 e. The number of carboxylic acids is 1. The van der Waals surface area contributed by atoms with Gasteiger partial charge in [0, 0.05) is 11.8 Å². The second-order valence-electron chi connectivity index (χ2n) is 8.80. The van der Waals surface area contributed by atoms with E-state index in [0.29, 0.717) is 28.1 Å². The number of rotatable bonds is 12. The van der Waals surface area contributed by atoms with Gasteiger partial charge in [0.1, 0.15) is 18.1 Å². The number of phenols is 1. The van der Waals surface area contributed by atoms with Crippen molar-refractivity contribution in [1.82, 2.24) is 0 Å². The fourth-order valence-electron chi connectivity index (χ4n) is 3.81. The number of aryl methyl sites for hydroxylation is 1. The van der Waals surface area contributed by atoms with Crippen LogP contribution in [0.4, 0.5) is 11.4 Å². The van der Waals surface area contributed by atoms with Crippen molar-refractivity contribution in [2.24, 2.45) is 0 Å². The van der Waals surface area contributed by atoms with Crippen LogP contribution in [-0.4, -0.2) is 31.6 Å². The molecule has 0 saturated heterocycles. The molecule has 12 heteroatoms. The van der Waals surface area contributed by atoms with E-state index in [4.69, 9.17) is 14.3 Å². The minimum Gasteiger partial charge on any atom is -0.508 e. The SMILES string of the molecule is Cc1ccc(C(=O)Nc2cccc(S(=O)Oc3cccc(NOCc4ccc(O)cc4COO)c3)c2)c(C(=O)O)c1. The number of nitrogens with one attached hydrogen (secondary N) is 2. The number of hydrogen-bond acceptors (Lipinski definition) is 9. The first-order valence-electron chi connectivity index (χ1n) is 12.1. The molecule has 212 valence electrons. The Hall–Kier alpha value is -4.75. The molecule has 1 amide bonds. The lowest BCUT2D eigenvalue weighted by Crippen LogP contribution is -2.16. The predicted octanol–water partition coefficient (Wildman–Crippen LogP) is 5.29. The van der Waals surface area contributed by atoms with Gasteiger partial charge in [-0.15, -0.1) is 0 Å². The number of aromatic carboxylic acids is 1. The Balaban J connectivity index is 1.38. The van der Waals surface area contributed by atoms with Gasteiger partial charge in [-0.1, -0.05) is 29.8 Å². The number of amides is 1. The number of anilines is 2. The molecule has 0 spiro atoms. The van der Waals surface area contributed by atoms with Crippen molar-refractivity contribution in [2.45, 2.75) is 25.0 Å². The van der Waals surface area contributed by atoms with E-state index in [2.05, 4.69) is 15.7 Å². The van der Waals surface area contributed by atoms with Gasteiger partial charge in [0.25, 0.3) is 5.91 Å². The zero-order valence-electron chi connectivity index (χ0n) is 21.7. The van der Waals surface area contributed by atoms with Crippen LogP contribution in [0.15, 0.2) is 89.8 Å². The van der Waals surface area contributed by atoms with Gasteiger partial charge in [0.15, 0.2) is 0 Å². The summed E-state index contributed by atoms with van der Waals surface area (Å²) in [5.74, 6) is -1.53. The molecular formula is C29H26N2O9S. The first kappa shape index (κ1) is 29.2. The van der Waals surface area contributed by atoms with Crippen molar-refractivity contribution in [3.63, 3.8) is 0 Å². The second kappa shape index (κ2) is 13.5. The molecule has 0 fully saturated rings. The predicted molar refractivity (Wildman–Crippen MR) is 150 cm³/mol. The molecular weight excluding hydrogens is 552 g/mol. The van der Waals surface area contributed by atoms with Gasteiger partial charge in [-0.25, -0.2) is 13.9 Å². The number of benzene rings is 4. The lowest BCUT2D eigenvalue weighted by atomic mass is 10.0. The van der Waals surface area contributed by atoms with E-state index >= 15 is 0 Å². The van der Waals surface area contributed by atoms with Crippen LogP contribution in [-0.2, 0) is 34.0 Å². The van der Waals surface area contributed by atoms with Crippen LogP contribution in [0.1, 0.15) is 37.4 Å². The van der Waals surface area contributed by atoms with E-state index in [1.807, 2.05) is 0 Å². The Morgan fingerprint density at radius 3 is 2.41 bits per heavy atom. The zero-order valence-corrected chi connectivity index (χ0v) is 22.5. The van der Waals surface area contributed by atoms with Crippen LogP contribution in [0.25, 0.3) is 0 Å². The third-order valence-corrected chi connectivity index (χ3v) is 6.75. The molecule has 0 aliphatic carbocycles. The van der Waals surface area contributed by atoms with E-state index < -0.39 is 23.0 Å². The maximum absolute atomic E-state index is 12.9. The third-order valence-electron chi connectivity index (χ3n) is 5.77. The van der Waals surface area contributed by atoms with Crippen molar-refractivity contribution < 1.29 is 43.2 Å². The molecule has 0 radical (unpaired) electrons. The Morgan fingerprint density at radius 2 is 1.63 bits per heavy atom. The zero-order chi connectivity index (χ0) is 29.4. The summed E-state index contributed by atoms with van der Waals surface area (Å²) in [6.45, 7) is 1.70. The summed E-state index contributed by atoms with van der Waals surface area (Å²) in [4.78, 5) is 34.3. The lowest BCUT2D eigenvalue weighted by molar-refractivity contribution is -0.253. The summed E-state index contributed by atoms with van der Waals surface area (Å²) in [5, 5.41) is 30.5. The fourth-order valence-corrected chi connectivity index (χ4v) is 4.60. The molecule has 1 unspecified atom stereocenters. The van der Waals surface area contributed by atoms with Crippen LogP contribution >= 0.6 is 0 Å². The normalized spacial score (nSPS) is 11.5. The summed E-state index contributed by atoms with van der Waals surface area (Å²) < 4.78 is 18.5. The number of aromatic hydroxyl groups is 1. The lowest BCUT2D eigenvalue weighted by Gasteiger charge is -2.12. The molecule has 5 N–H and O–H groups in total. The summed E-state index contributed by atoms with van der Waals surface area (Å²) >= 11 is -1.95. The average Bonchev–Trinajstić information content (AvgIpc) is 2.94. The molecule has 4 aromatic carbocycles. The minimum atomic E-state index is -1.95. The molecule has 0 aromatic heterocycles. The molecule has 0 heterocycles. The van der Waals surface area contributed by atoms with E-state index in [-0.39, 0.29) is 40.7 Å². The van der Waals surface area contributed by atoms with Crippen LogP contribution in [0.3, 0.4) is 0 Å². The molecule has 4 aromatic rings. The van der Waals surface area contributed by atoms with Crippen LogP contribution in [0.5, 0.6) is 11.5 Å². The first-order valence-corrected chi connectivity index (χ1v) is 13.2. The Morgan fingerprint density at radius 1 is 0.854 bits per heavy atom. The maximum atomic E-state index is 12.9. The molecule has 4 rings (SSSR count). The van der Waals surface area contributed by atoms with Gasteiger partial charge in [0.05, 0.1) is 28.3 Å². The summed E-state index contributed by atoms with van der Waals surface area (Å²) in [6, 6.07) is 21.8. The van der Waals surface area contributed by atoms with Crippen molar-refractivity contribution in [3.8, 4) is 11.5 Å². The number of carbonyl (C=O) groups is 2. The highest BCUT2D eigenvalue weighted by Gasteiger charge is 2.17. The molecule has 41 heavy (non-hydrogen) atoms. The molecule has 1 atom stereocenters. The highest BCUT2D eigenvalue weighted by molar-refractivity contribution is 7.80. The number of carbonyl (C=O) groups excluding carboxylic acids is 1. The largest absolute Gasteiger partial charge is 0.508 e. The van der Waals surface area contributed by atoms with Crippen LogP contribution in [0, 0.1) is 6.92 Å². The van der Waals surface area contributed by atoms with Gasteiger partial charge >= 0.3 is 5.97 Å². The van der Waals surface area contributed by atoms with Gasteiger partial charge in [0.2, 0.25) is 11.1 Å². The van der Waals surface area contributed by atoms with Gasteiger partial charge in [-0.2, -0.15) is 0 Å². The topological polar surface area (TPSA) is 164 Å². The fraction of sp³-hybridized carbons (Fsp3) is 0.103. The average molecular weight is 579 g/mol. The number of carboxylic acid groups (broad SMARTS) is 1. The first-order chi connectivity index (χ1) is 19.7. The standard InChI is InChI=1S/C29H26N2O9S/c1-18-8-11-26(27(12-18)29(34)35)28(33)30-21-4-3-7-25(15-21)41(37)40-24-6-2-5-22(14-24)31-38-16-19-9-10-23(32)13-20(19)17-39-36/h2-15,31-32,36H,16-17H2,1H3,(H,30,33)(H,34,35). The van der Waals surface area contributed by atoms with E-state index in [0.717, 1.165) is 0 Å².